The molecule has 2 aliphatic rings. The van der Waals surface area contributed by atoms with Crippen LogP contribution in [0.3, 0.4) is 0 Å². The second-order valence-electron chi connectivity index (χ2n) is 5.68. The Morgan fingerprint density at radius 2 is 1.94 bits per heavy atom. The first-order valence-corrected chi connectivity index (χ1v) is 8.24. The van der Waals surface area contributed by atoms with Gasteiger partial charge in [-0.25, -0.2) is 8.42 Å². The van der Waals surface area contributed by atoms with Crippen LogP contribution in [0.4, 0.5) is 0 Å². The van der Waals surface area contributed by atoms with Gasteiger partial charge < -0.3 is 9.84 Å². The highest BCUT2D eigenvalue weighted by Gasteiger charge is 2.50. The molecule has 0 aromatic carbocycles. The van der Waals surface area contributed by atoms with Crippen molar-refractivity contribution in [3.63, 3.8) is 0 Å². The van der Waals surface area contributed by atoms with Crippen LogP contribution in [0.25, 0.3) is 0 Å². The van der Waals surface area contributed by atoms with E-state index >= 15 is 0 Å². The molecule has 2 atom stereocenters. The molecule has 0 saturated heterocycles. The molecule has 1 N–H and O–H groups in total. The fourth-order valence-electron chi connectivity index (χ4n) is 3.25. The first-order valence-electron chi connectivity index (χ1n) is 6.29. The summed E-state index contributed by atoms with van der Waals surface area (Å²) < 4.78 is 28.3. The van der Waals surface area contributed by atoms with E-state index in [0.717, 1.165) is 19.3 Å². The maximum absolute atomic E-state index is 11.6. The van der Waals surface area contributed by atoms with E-state index in [1.165, 1.54) is 6.26 Å². The summed E-state index contributed by atoms with van der Waals surface area (Å²) in [6.45, 7) is 0. The maximum atomic E-state index is 11.6. The number of ether oxygens (including phenoxy) is 1. The molecule has 100 valence electrons. The molecule has 0 spiro atoms. The zero-order chi connectivity index (χ0) is 12.7. The van der Waals surface area contributed by atoms with Crippen LogP contribution in [0.5, 0.6) is 0 Å². The molecule has 4 nitrogen and oxygen atoms in total. The lowest BCUT2D eigenvalue weighted by molar-refractivity contribution is -0.164. The van der Waals surface area contributed by atoms with Gasteiger partial charge in [-0.15, -0.1) is 0 Å². The lowest BCUT2D eigenvalue weighted by Crippen LogP contribution is -2.54. The SMILES string of the molecule is COC1CC(O)(C2CCCC(S(C)(=O)=O)C2)C1. The molecule has 5 heteroatoms. The van der Waals surface area contributed by atoms with Crippen LogP contribution in [0, 0.1) is 5.92 Å². The van der Waals surface area contributed by atoms with Crippen molar-refractivity contribution in [2.45, 2.75) is 55.5 Å². The van der Waals surface area contributed by atoms with Crippen LogP contribution in [0.15, 0.2) is 0 Å². The number of aliphatic hydroxyl groups is 1. The van der Waals surface area contributed by atoms with Gasteiger partial charge in [0.15, 0.2) is 0 Å². The predicted octanol–water partition coefficient (Wildman–Crippen LogP) is 1.13. The first kappa shape index (κ1) is 13.3. The molecule has 0 radical (unpaired) electrons. The zero-order valence-electron chi connectivity index (χ0n) is 10.6. The molecule has 0 bridgehead atoms. The minimum atomic E-state index is -2.96. The quantitative estimate of drug-likeness (QED) is 0.828. The highest BCUT2D eigenvalue weighted by molar-refractivity contribution is 7.91. The number of hydrogen-bond donors (Lipinski definition) is 1. The molecule has 17 heavy (non-hydrogen) atoms. The van der Waals surface area contributed by atoms with Gasteiger partial charge in [-0.1, -0.05) is 6.42 Å². The zero-order valence-corrected chi connectivity index (χ0v) is 11.4. The Morgan fingerprint density at radius 1 is 1.29 bits per heavy atom. The van der Waals surface area contributed by atoms with E-state index < -0.39 is 15.4 Å². The normalized spacial score (nSPS) is 43.1. The van der Waals surface area contributed by atoms with E-state index in [0.29, 0.717) is 19.3 Å². The van der Waals surface area contributed by atoms with Gasteiger partial charge in [0.05, 0.1) is 17.0 Å². The molecule has 2 rings (SSSR count). The third-order valence-corrected chi connectivity index (χ3v) is 6.13. The van der Waals surface area contributed by atoms with Crippen LogP contribution >= 0.6 is 0 Å². The van der Waals surface area contributed by atoms with Crippen LogP contribution < -0.4 is 0 Å². The molecule has 2 saturated carbocycles. The van der Waals surface area contributed by atoms with Crippen LogP contribution in [-0.4, -0.2) is 43.8 Å². The predicted molar refractivity (Wildman–Crippen MR) is 65.6 cm³/mol. The average Bonchev–Trinajstić information content (AvgIpc) is 2.23. The van der Waals surface area contributed by atoms with Gasteiger partial charge in [0.2, 0.25) is 0 Å². The van der Waals surface area contributed by atoms with Crippen molar-refractivity contribution in [1.29, 1.82) is 0 Å². The first-order chi connectivity index (χ1) is 7.85. The Hall–Kier alpha value is -0.130. The average molecular weight is 262 g/mol. The second kappa shape index (κ2) is 4.52. The van der Waals surface area contributed by atoms with Crippen molar-refractivity contribution >= 4 is 9.84 Å². The van der Waals surface area contributed by atoms with Gasteiger partial charge in [-0.3, -0.25) is 0 Å². The summed E-state index contributed by atoms with van der Waals surface area (Å²) in [6, 6.07) is 0. The molecule has 2 unspecified atom stereocenters. The van der Waals surface area contributed by atoms with E-state index in [4.69, 9.17) is 4.74 Å². The Balaban J connectivity index is 1.99. The number of rotatable bonds is 3. The third-order valence-electron chi connectivity index (χ3n) is 4.49. The smallest absolute Gasteiger partial charge is 0.150 e. The van der Waals surface area contributed by atoms with Crippen molar-refractivity contribution in [1.82, 2.24) is 0 Å². The summed E-state index contributed by atoms with van der Waals surface area (Å²) in [5.41, 5.74) is -0.677. The molecule has 0 aromatic rings. The van der Waals surface area contributed by atoms with Crippen molar-refractivity contribution in [3.8, 4) is 0 Å². The van der Waals surface area contributed by atoms with Crippen molar-refractivity contribution in [2.24, 2.45) is 5.92 Å². The van der Waals surface area contributed by atoms with Gasteiger partial charge >= 0.3 is 0 Å². The summed E-state index contributed by atoms with van der Waals surface area (Å²) in [5.74, 6) is 0.127. The lowest BCUT2D eigenvalue weighted by Gasteiger charge is -2.49. The van der Waals surface area contributed by atoms with Crippen molar-refractivity contribution in [3.05, 3.63) is 0 Å². The van der Waals surface area contributed by atoms with Gasteiger partial charge in [0.1, 0.15) is 9.84 Å². The van der Waals surface area contributed by atoms with Crippen LogP contribution in [0.1, 0.15) is 38.5 Å². The van der Waals surface area contributed by atoms with Gasteiger partial charge in [-0.2, -0.15) is 0 Å². The highest BCUT2D eigenvalue weighted by atomic mass is 32.2. The minimum Gasteiger partial charge on any atom is -0.389 e. The molecule has 0 aliphatic heterocycles. The van der Waals surface area contributed by atoms with E-state index in [2.05, 4.69) is 0 Å². The monoisotopic (exact) mass is 262 g/mol. The number of methoxy groups -OCH3 is 1. The summed E-state index contributed by atoms with van der Waals surface area (Å²) in [7, 11) is -1.31. The molecular formula is C12H22O4S. The van der Waals surface area contributed by atoms with Crippen molar-refractivity contribution < 1.29 is 18.3 Å². The molecule has 2 fully saturated rings. The van der Waals surface area contributed by atoms with Crippen LogP contribution in [-0.2, 0) is 14.6 Å². The summed E-state index contributed by atoms with van der Waals surface area (Å²) in [4.78, 5) is 0. The summed E-state index contributed by atoms with van der Waals surface area (Å²) >= 11 is 0. The summed E-state index contributed by atoms with van der Waals surface area (Å²) in [5, 5.41) is 10.2. The van der Waals surface area contributed by atoms with E-state index in [1.54, 1.807) is 7.11 Å². The van der Waals surface area contributed by atoms with E-state index in [1.807, 2.05) is 0 Å². The Labute approximate surface area is 103 Å². The number of hydrogen-bond acceptors (Lipinski definition) is 4. The Morgan fingerprint density at radius 3 is 2.47 bits per heavy atom. The molecule has 2 aliphatic carbocycles. The van der Waals surface area contributed by atoms with Crippen LogP contribution in [0.2, 0.25) is 0 Å². The third kappa shape index (κ3) is 2.66. The Kier molecular flexibility index (Phi) is 3.54. The maximum Gasteiger partial charge on any atom is 0.150 e. The van der Waals surface area contributed by atoms with E-state index in [9.17, 15) is 13.5 Å². The second-order valence-corrected chi connectivity index (χ2v) is 8.01. The van der Waals surface area contributed by atoms with E-state index in [-0.39, 0.29) is 17.3 Å². The minimum absolute atomic E-state index is 0.127. The number of sulfone groups is 1. The molecule has 0 aromatic heterocycles. The van der Waals surface area contributed by atoms with Gasteiger partial charge in [-0.05, 0) is 25.2 Å². The Bertz CT molecular complexity index is 370. The molecule has 0 amide bonds. The highest BCUT2D eigenvalue weighted by Crippen LogP contribution is 2.46. The topological polar surface area (TPSA) is 63.6 Å². The molecule has 0 heterocycles. The standard InChI is InChI=1S/C12H22O4S/c1-16-10-7-12(13,8-10)9-4-3-5-11(6-9)17(2,14)15/h9-11,13H,3-8H2,1-2H3. The van der Waals surface area contributed by atoms with Gasteiger partial charge in [0, 0.05) is 26.2 Å². The summed E-state index contributed by atoms with van der Waals surface area (Å²) in [6.07, 6.45) is 5.99. The van der Waals surface area contributed by atoms with Gasteiger partial charge in [0.25, 0.3) is 0 Å². The molecular weight excluding hydrogens is 240 g/mol. The largest absolute Gasteiger partial charge is 0.389 e. The fourth-order valence-corrected chi connectivity index (χ4v) is 4.43. The lowest BCUT2D eigenvalue weighted by atomic mass is 9.64. The van der Waals surface area contributed by atoms with Crippen molar-refractivity contribution in [2.75, 3.05) is 13.4 Å². The fraction of sp³-hybridized carbons (Fsp3) is 1.00.